The van der Waals surface area contributed by atoms with Gasteiger partial charge in [0.2, 0.25) is 0 Å². The number of thioether (sulfide) groups is 1. The lowest BCUT2D eigenvalue weighted by Crippen LogP contribution is -2.42. The molecule has 1 aliphatic rings. The van der Waals surface area contributed by atoms with Crippen LogP contribution in [0.15, 0.2) is 90.3 Å². The Kier molecular flexibility index (Phi) is 9.33. The number of urea groups is 1. The van der Waals surface area contributed by atoms with Gasteiger partial charge >= 0.3 is 12.4 Å². The van der Waals surface area contributed by atoms with Crippen LogP contribution in [0.25, 0.3) is 22.9 Å². The zero-order valence-corrected chi connectivity index (χ0v) is 24.6. The van der Waals surface area contributed by atoms with E-state index in [-0.39, 0.29) is 17.4 Å². The summed E-state index contributed by atoms with van der Waals surface area (Å²) in [4.78, 5) is 23.3. The molecule has 2 heterocycles. The maximum atomic E-state index is 14.9. The second kappa shape index (κ2) is 13.3. The van der Waals surface area contributed by atoms with Gasteiger partial charge in [0, 0.05) is 34.8 Å². The van der Waals surface area contributed by atoms with Crippen LogP contribution < -0.4 is 15.0 Å². The number of aromatic nitrogens is 3. The van der Waals surface area contributed by atoms with Crippen molar-refractivity contribution < 1.29 is 27.1 Å². The smallest absolute Gasteiger partial charge is 0.406 e. The fraction of sp³-hybridized carbons (Fsp3) is 0.226. The van der Waals surface area contributed by atoms with E-state index < -0.39 is 18.2 Å². The van der Waals surface area contributed by atoms with Crippen LogP contribution in [-0.4, -0.2) is 44.1 Å². The second-order valence-corrected chi connectivity index (χ2v) is 10.9. The Labute approximate surface area is 255 Å². The van der Waals surface area contributed by atoms with Gasteiger partial charge in [0.05, 0.1) is 5.69 Å². The number of nitrogens with one attached hydrogen (secondary N) is 1. The highest BCUT2D eigenvalue weighted by molar-refractivity contribution is 8.14. The van der Waals surface area contributed by atoms with Gasteiger partial charge in [-0.2, -0.15) is 4.99 Å². The number of anilines is 1. The lowest BCUT2D eigenvalue weighted by atomic mass is 10.1. The molecule has 0 bridgehead atoms. The first kappa shape index (κ1) is 30.8. The van der Waals surface area contributed by atoms with E-state index in [4.69, 9.17) is 0 Å². The second-order valence-electron chi connectivity index (χ2n) is 9.81. The number of rotatable bonds is 7. The van der Waals surface area contributed by atoms with Gasteiger partial charge in [-0.3, -0.25) is 0 Å². The summed E-state index contributed by atoms with van der Waals surface area (Å²) in [7, 11) is 0. The zero-order chi connectivity index (χ0) is 31.3. The summed E-state index contributed by atoms with van der Waals surface area (Å²) in [5.74, 6) is 0.139. The van der Waals surface area contributed by atoms with Crippen LogP contribution in [0.5, 0.6) is 5.75 Å². The summed E-state index contributed by atoms with van der Waals surface area (Å²) in [5, 5.41) is 7.34. The van der Waals surface area contributed by atoms with E-state index >= 15 is 0 Å². The minimum atomic E-state index is -4.78. The molecule has 44 heavy (non-hydrogen) atoms. The highest BCUT2D eigenvalue weighted by Crippen LogP contribution is 2.32. The van der Waals surface area contributed by atoms with Gasteiger partial charge in [0.25, 0.3) is 0 Å². The van der Waals surface area contributed by atoms with Crippen LogP contribution >= 0.6 is 11.8 Å². The number of halogens is 4. The third-order valence-electron chi connectivity index (χ3n) is 6.81. The topological polar surface area (TPSA) is 84.6 Å². The molecule has 1 unspecified atom stereocenters. The molecule has 13 heteroatoms. The number of para-hydroxylation sites is 1. The fourth-order valence-corrected chi connectivity index (χ4v) is 5.81. The molecule has 0 saturated carbocycles. The Hall–Kier alpha value is -4.65. The number of amides is 2. The van der Waals surface area contributed by atoms with Crippen molar-refractivity contribution in [2.75, 3.05) is 10.7 Å². The monoisotopic (exact) mass is 624 g/mol. The highest BCUT2D eigenvalue weighted by atomic mass is 32.2. The summed E-state index contributed by atoms with van der Waals surface area (Å²) in [6.45, 7) is 4.17. The molecule has 1 saturated heterocycles. The number of aryl methyl sites for hydroxylation is 1. The molecule has 0 spiro atoms. The normalized spacial score (nSPS) is 16.7. The molecule has 0 radical (unpaired) electrons. The Bertz CT molecular complexity index is 1670. The van der Waals surface area contributed by atoms with Crippen LogP contribution in [0.1, 0.15) is 31.4 Å². The molecule has 1 fully saturated rings. The quantitative estimate of drug-likeness (QED) is 0.212. The average molecular weight is 625 g/mol. The van der Waals surface area contributed by atoms with E-state index in [0.717, 1.165) is 36.0 Å². The number of nitrogens with zero attached hydrogens (tertiary/aromatic N) is 5. The average Bonchev–Trinajstić information content (AvgIpc) is 3.50. The van der Waals surface area contributed by atoms with Gasteiger partial charge in [-0.25, -0.2) is 18.9 Å². The van der Waals surface area contributed by atoms with Crippen LogP contribution in [-0.2, 0) is 6.42 Å². The largest absolute Gasteiger partial charge is 0.573 e. The first-order valence-electron chi connectivity index (χ1n) is 13.7. The van der Waals surface area contributed by atoms with E-state index in [2.05, 4.69) is 49.9 Å². The lowest BCUT2D eigenvalue weighted by molar-refractivity contribution is -0.274. The number of carbonyl (C=O) groups is 1. The number of hydrogen-bond acceptors (Lipinski definition) is 5. The zero-order valence-electron chi connectivity index (χ0n) is 23.8. The molecule has 1 aromatic heterocycles. The van der Waals surface area contributed by atoms with Gasteiger partial charge in [-0.1, -0.05) is 61.2 Å². The third kappa shape index (κ3) is 7.46. The lowest BCUT2D eigenvalue weighted by Gasteiger charge is -2.36. The Morgan fingerprint density at radius 2 is 1.84 bits per heavy atom. The highest BCUT2D eigenvalue weighted by Gasteiger charge is 2.31. The standard InChI is InChI=1S/C31H28F4N6O2S/c1-3-21-6-4-5-7-27(21)41-20(2)16-17-44-30(41)38-29(42)36-18-26(32)22-8-10-23(11-9-22)28-37-19-40(39-28)24-12-14-25(15-13-24)43-31(33,34)35/h4-15,18-20H,3,16-17H2,1-2H3,(H,36,42)/b26-18-,38-30?. The summed E-state index contributed by atoms with van der Waals surface area (Å²) < 4.78 is 57.4. The molecule has 1 N–H and O–H groups in total. The van der Waals surface area contributed by atoms with Gasteiger partial charge in [-0.15, -0.1) is 18.3 Å². The van der Waals surface area contributed by atoms with Gasteiger partial charge in [0.15, 0.2) is 11.0 Å². The number of aliphatic imine (C=N–C) groups is 1. The molecule has 4 aromatic rings. The summed E-state index contributed by atoms with van der Waals surface area (Å²) in [5.41, 5.74) is 3.45. The van der Waals surface area contributed by atoms with Crippen molar-refractivity contribution in [1.82, 2.24) is 20.1 Å². The van der Waals surface area contributed by atoms with Crippen LogP contribution in [0.4, 0.5) is 28.0 Å². The van der Waals surface area contributed by atoms with Crippen molar-refractivity contribution in [3.63, 3.8) is 0 Å². The van der Waals surface area contributed by atoms with E-state index in [1.807, 2.05) is 18.2 Å². The number of benzene rings is 3. The molecule has 1 atom stereocenters. The summed E-state index contributed by atoms with van der Waals surface area (Å²) in [6.07, 6.45) is -0.613. The van der Waals surface area contributed by atoms with Crippen molar-refractivity contribution >= 4 is 34.5 Å². The molecule has 8 nitrogen and oxygen atoms in total. The van der Waals surface area contributed by atoms with E-state index in [1.54, 1.807) is 12.1 Å². The van der Waals surface area contributed by atoms with Crippen molar-refractivity contribution in [2.45, 2.75) is 39.1 Å². The maximum Gasteiger partial charge on any atom is 0.573 e. The molecule has 228 valence electrons. The van der Waals surface area contributed by atoms with Crippen LogP contribution in [0.2, 0.25) is 0 Å². The Balaban J connectivity index is 1.24. The molecule has 2 amide bonds. The van der Waals surface area contributed by atoms with E-state index in [9.17, 15) is 22.4 Å². The van der Waals surface area contributed by atoms with Gasteiger partial charge in [-0.05, 0) is 55.7 Å². The molecule has 0 aliphatic carbocycles. The SMILES string of the molecule is CCc1ccccc1N1C(=NC(=O)N/C=C(\F)c2ccc(-c3ncn(-c4ccc(OC(F)(F)F)cc4)n3)cc2)SCCC1C. The molecule has 3 aromatic carbocycles. The van der Waals surface area contributed by atoms with Crippen molar-refractivity contribution in [1.29, 1.82) is 0 Å². The van der Waals surface area contributed by atoms with Crippen LogP contribution in [0, 0.1) is 0 Å². The summed E-state index contributed by atoms with van der Waals surface area (Å²) in [6, 6.07) is 19.0. The Morgan fingerprint density at radius 1 is 1.11 bits per heavy atom. The predicted octanol–water partition coefficient (Wildman–Crippen LogP) is 7.76. The fourth-order valence-electron chi connectivity index (χ4n) is 4.61. The van der Waals surface area contributed by atoms with Gasteiger partial charge in [0.1, 0.15) is 17.9 Å². The number of ether oxygens (including phenoxy) is 1. The molecule has 5 rings (SSSR count). The number of amidine groups is 1. The minimum absolute atomic E-state index is 0.153. The summed E-state index contributed by atoms with van der Waals surface area (Å²) >= 11 is 1.49. The molecular formula is C31H28F4N6O2S. The number of alkyl halides is 3. The first-order chi connectivity index (χ1) is 21.1. The van der Waals surface area contributed by atoms with Crippen molar-refractivity contribution in [2.24, 2.45) is 4.99 Å². The predicted molar refractivity (Wildman–Crippen MR) is 163 cm³/mol. The van der Waals surface area contributed by atoms with Crippen molar-refractivity contribution in [3.05, 3.63) is 96.5 Å². The molecular weight excluding hydrogens is 596 g/mol. The van der Waals surface area contributed by atoms with E-state index in [0.29, 0.717) is 22.2 Å². The van der Waals surface area contributed by atoms with Gasteiger partial charge < -0.3 is 15.0 Å². The van der Waals surface area contributed by atoms with E-state index in [1.165, 1.54) is 59.2 Å². The minimum Gasteiger partial charge on any atom is -0.406 e. The Morgan fingerprint density at radius 3 is 2.55 bits per heavy atom. The third-order valence-corrected chi connectivity index (χ3v) is 7.80. The number of carbonyl (C=O) groups excluding carboxylic acids is 1. The number of hydrogen-bond donors (Lipinski definition) is 1. The maximum absolute atomic E-state index is 14.9. The first-order valence-corrected chi connectivity index (χ1v) is 14.7. The van der Waals surface area contributed by atoms with Crippen LogP contribution in [0.3, 0.4) is 0 Å². The van der Waals surface area contributed by atoms with Crippen molar-refractivity contribution in [3.8, 4) is 22.8 Å². The molecule has 1 aliphatic heterocycles.